The van der Waals surface area contributed by atoms with Crippen LogP contribution in [0.4, 0.5) is 15.0 Å². The second kappa shape index (κ2) is 7.59. The summed E-state index contributed by atoms with van der Waals surface area (Å²) in [5, 5.41) is 10.0. The highest BCUT2D eigenvalue weighted by Gasteiger charge is 2.35. The molecule has 8 nitrogen and oxygen atoms in total. The van der Waals surface area contributed by atoms with Crippen molar-refractivity contribution in [1.29, 1.82) is 0 Å². The number of β-amino-alcohol motifs (C(OH)–C–C–N with tert-alkyl or cyclic N) is 1. The van der Waals surface area contributed by atoms with E-state index in [2.05, 4.69) is 9.97 Å². The predicted molar refractivity (Wildman–Crippen MR) is 109 cm³/mol. The molecular formula is C20H23FN4O4S. The molecule has 1 atom stereocenters. The number of fused-ring (bicyclic) bond motifs is 1. The number of aliphatic hydroxyl groups is 1. The molecule has 2 aliphatic heterocycles. The summed E-state index contributed by atoms with van der Waals surface area (Å²) in [7, 11) is 0. The number of carbonyl (C=O) groups is 2. The monoisotopic (exact) mass is 434 g/mol. The van der Waals surface area contributed by atoms with Gasteiger partial charge in [-0.2, -0.15) is 4.39 Å². The maximum atomic E-state index is 14.7. The molecular weight excluding hydrogens is 411 g/mol. The number of ether oxygens (including phenoxy) is 1. The lowest BCUT2D eigenvalue weighted by Crippen LogP contribution is -2.44. The first-order valence-electron chi connectivity index (χ1n) is 9.77. The van der Waals surface area contributed by atoms with E-state index in [9.17, 15) is 19.1 Å². The minimum Gasteiger partial charge on any atom is -0.443 e. The van der Waals surface area contributed by atoms with Crippen molar-refractivity contribution in [1.82, 2.24) is 14.9 Å². The summed E-state index contributed by atoms with van der Waals surface area (Å²) in [5.74, 6) is -0.706. The number of nitrogens with zero attached hydrogens (tertiary/aromatic N) is 4. The Morgan fingerprint density at radius 2 is 2.07 bits per heavy atom. The van der Waals surface area contributed by atoms with E-state index >= 15 is 0 Å². The lowest BCUT2D eigenvalue weighted by Gasteiger charge is -2.27. The highest BCUT2D eigenvalue weighted by molar-refractivity contribution is 7.17. The van der Waals surface area contributed by atoms with Crippen LogP contribution in [0.2, 0.25) is 0 Å². The van der Waals surface area contributed by atoms with Crippen molar-refractivity contribution in [3.05, 3.63) is 28.7 Å². The summed E-state index contributed by atoms with van der Waals surface area (Å²) >= 11 is 1.04. The van der Waals surface area contributed by atoms with Crippen LogP contribution in [0.3, 0.4) is 0 Å². The molecule has 0 unspecified atom stereocenters. The summed E-state index contributed by atoms with van der Waals surface area (Å²) in [6, 6.07) is 3.27. The van der Waals surface area contributed by atoms with E-state index in [-0.39, 0.29) is 12.1 Å². The molecule has 10 heteroatoms. The third-order valence-electron chi connectivity index (χ3n) is 4.87. The van der Waals surface area contributed by atoms with E-state index in [1.54, 1.807) is 32.9 Å². The number of imide groups is 1. The number of pyridine rings is 1. The topological polar surface area (TPSA) is 95.9 Å². The van der Waals surface area contributed by atoms with Crippen LogP contribution in [0.1, 0.15) is 42.6 Å². The molecule has 1 saturated heterocycles. The lowest BCUT2D eigenvalue weighted by atomic mass is 10.1. The SMILES string of the molecule is CC(C)(C)OC(=O)N1CCc2nc(-c3ccc(N4CC[C@H](O)C4)nc3F)sc2C1=O. The number of thiazole rings is 1. The van der Waals surface area contributed by atoms with Gasteiger partial charge in [-0.3, -0.25) is 4.79 Å². The summed E-state index contributed by atoms with van der Waals surface area (Å²) in [6.45, 7) is 6.41. The fourth-order valence-electron chi connectivity index (χ4n) is 3.45. The van der Waals surface area contributed by atoms with Crippen molar-refractivity contribution in [3.8, 4) is 10.6 Å². The highest BCUT2D eigenvalue weighted by Crippen LogP contribution is 2.34. The number of hydrogen-bond donors (Lipinski definition) is 1. The fraction of sp³-hybridized carbons (Fsp3) is 0.500. The number of aliphatic hydroxyl groups excluding tert-OH is 1. The zero-order chi connectivity index (χ0) is 21.6. The van der Waals surface area contributed by atoms with Crippen LogP contribution in [0, 0.1) is 5.95 Å². The van der Waals surface area contributed by atoms with E-state index in [0.29, 0.717) is 47.3 Å². The molecule has 0 bridgehead atoms. The first-order valence-corrected chi connectivity index (χ1v) is 10.6. The van der Waals surface area contributed by atoms with Crippen molar-refractivity contribution in [2.24, 2.45) is 0 Å². The Balaban J connectivity index is 1.57. The molecule has 2 aromatic heterocycles. The fourth-order valence-corrected chi connectivity index (χ4v) is 4.52. The Labute approximate surface area is 177 Å². The standard InChI is InChI=1S/C20H23FN4O4S/c1-20(2,3)29-19(28)25-9-7-13-15(18(25)27)30-17(22-13)12-4-5-14(23-16(12)21)24-8-6-11(26)10-24/h4-5,11,26H,6-10H2,1-3H3/t11-/m0/s1. The van der Waals surface area contributed by atoms with E-state index in [1.165, 1.54) is 0 Å². The first-order chi connectivity index (χ1) is 14.1. The van der Waals surface area contributed by atoms with Gasteiger partial charge in [0.15, 0.2) is 0 Å². The summed E-state index contributed by atoms with van der Waals surface area (Å²) in [5.41, 5.74) is 0.0405. The van der Waals surface area contributed by atoms with Gasteiger partial charge in [-0.25, -0.2) is 19.7 Å². The molecule has 0 aliphatic carbocycles. The number of amides is 2. The number of carbonyl (C=O) groups excluding carboxylic acids is 2. The smallest absolute Gasteiger partial charge is 0.417 e. The van der Waals surface area contributed by atoms with E-state index < -0.39 is 29.7 Å². The number of aromatic nitrogens is 2. The Morgan fingerprint density at radius 3 is 2.70 bits per heavy atom. The third-order valence-corrected chi connectivity index (χ3v) is 5.99. The van der Waals surface area contributed by atoms with Crippen LogP contribution in [-0.4, -0.2) is 63.3 Å². The number of hydrogen-bond acceptors (Lipinski definition) is 8. The molecule has 2 aromatic rings. The Morgan fingerprint density at radius 1 is 1.30 bits per heavy atom. The molecule has 4 heterocycles. The van der Waals surface area contributed by atoms with Gasteiger partial charge in [-0.15, -0.1) is 11.3 Å². The van der Waals surface area contributed by atoms with Crippen LogP contribution in [-0.2, 0) is 11.2 Å². The van der Waals surface area contributed by atoms with Gasteiger partial charge in [0.1, 0.15) is 21.3 Å². The summed E-state index contributed by atoms with van der Waals surface area (Å²) in [4.78, 5) is 36.8. The van der Waals surface area contributed by atoms with Gasteiger partial charge in [0.25, 0.3) is 5.91 Å². The third kappa shape index (κ3) is 4.01. The van der Waals surface area contributed by atoms with Crippen molar-refractivity contribution in [3.63, 3.8) is 0 Å². The maximum absolute atomic E-state index is 14.7. The van der Waals surface area contributed by atoms with Gasteiger partial charge in [0, 0.05) is 26.1 Å². The van der Waals surface area contributed by atoms with Crippen LogP contribution in [0.15, 0.2) is 12.1 Å². The van der Waals surface area contributed by atoms with Gasteiger partial charge in [0.05, 0.1) is 17.4 Å². The molecule has 1 N–H and O–H groups in total. The van der Waals surface area contributed by atoms with Gasteiger partial charge in [0.2, 0.25) is 5.95 Å². The van der Waals surface area contributed by atoms with Crippen molar-refractivity contribution < 1.29 is 23.8 Å². The van der Waals surface area contributed by atoms with E-state index in [4.69, 9.17) is 4.74 Å². The quantitative estimate of drug-likeness (QED) is 0.726. The number of halogens is 1. The summed E-state index contributed by atoms with van der Waals surface area (Å²) < 4.78 is 20.0. The largest absolute Gasteiger partial charge is 0.443 e. The Bertz CT molecular complexity index is 1000. The second-order valence-electron chi connectivity index (χ2n) is 8.38. The average molecular weight is 434 g/mol. The van der Waals surface area contributed by atoms with Gasteiger partial charge in [-0.1, -0.05) is 0 Å². The minimum atomic E-state index is -0.710. The zero-order valence-corrected chi connectivity index (χ0v) is 17.8. The van der Waals surface area contributed by atoms with E-state index in [0.717, 1.165) is 16.2 Å². The minimum absolute atomic E-state index is 0.168. The van der Waals surface area contributed by atoms with Crippen molar-refractivity contribution in [2.75, 3.05) is 24.5 Å². The van der Waals surface area contributed by atoms with Crippen LogP contribution >= 0.6 is 11.3 Å². The summed E-state index contributed by atoms with van der Waals surface area (Å²) in [6.07, 6.45) is -0.117. The predicted octanol–water partition coefficient (Wildman–Crippen LogP) is 2.85. The second-order valence-corrected chi connectivity index (χ2v) is 9.38. The molecule has 30 heavy (non-hydrogen) atoms. The first kappa shape index (κ1) is 20.7. The van der Waals surface area contributed by atoms with Crippen LogP contribution in [0.5, 0.6) is 0 Å². The molecule has 2 amide bonds. The molecule has 0 spiro atoms. The van der Waals surface area contributed by atoms with E-state index in [1.807, 2.05) is 4.90 Å². The normalized spacial score (nSPS) is 19.2. The Kier molecular flexibility index (Phi) is 5.23. The van der Waals surface area contributed by atoms with Gasteiger partial charge in [-0.05, 0) is 39.3 Å². The van der Waals surface area contributed by atoms with Crippen molar-refractivity contribution >= 4 is 29.2 Å². The Hall–Kier alpha value is -2.59. The van der Waals surface area contributed by atoms with Crippen LogP contribution in [0.25, 0.3) is 10.6 Å². The molecule has 2 aliphatic rings. The molecule has 0 aromatic carbocycles. The molecule has 0 radical (unpaired) electrons. The van der Waals surface area contributed by atoms with Gasteiger partial charge < -0.3 is 14.7 Å². The highest BCUT2D eigenvalue weighted by atomic mass is 32.1. The maximum Gasteiger partial charge on any atom is 0.417 e. The lowest BCUT2D eigenvalue weighted by molar-refractivity contribution is 0.0235. The zero-order valence-electron chi connectivity index (χ0n) is 17.0. The number of rotatable bonds is 2. The van der Waals surface area contributed by atoms with Gasteiger partial charge >= 0.3 is 6.09 Å². The van der Waals surface area contributed by atoms with Crippen molar-refractivity contribution in [2.45, 2.75) is 45.3 Å². The molecule has 160 valence electrons. The average Bonchev–Trinajstić information content (AvgIpc) is 3.27. The molecule has 0 saturated carbocycles. The number of anilines is 1. The van der Waals surface area contributed by atoms with Crippen LogP contribution < -0.4 is 4.90 Å². The molecule has 1 fully saturated rings. The molecule has 4 rings (SSSR count).